The molecule has 0 aromatic heterocycles. The SMILES string of the molecule is B.FC(F)(F)C(Cl)Br. The quantitative estimate of drug-likeness (QED) is 0.419. The molecular formula is C2H4BBrClF3. The van der Waals surface area contributed by atoms with Crippen molar-refractivity contribution >= 4 is 35.9 Å². The molecule has 0 aromatic rings. The van der Waals surface area contributed by atoms with Gasteiger partial charge in [-0.3, -0.25) is 0 Å². The van der Waals surface area contributed by atoms with Crippen LogP contribution in [0.15, 0.2) is 0 Å². The molecule has 0 aliphatic heterocycles. The molecule has 0 aromatic carbocycles. The fourth-order valence-electron chi connectivity index (χ4n) is 0. The molecule has 0 fully saturated rings. The molecule has 0 bridgehead atoms. The molecule has 0 saturated heterocycles. The Morgan fingerprint density at radius 3 is 1.50 bits per heavy atom. The predicted molar refractivity (Wildman–Crippen MR) is 34.6 cm³/mol. The molecule has 0 rings (SSSR count). The van der Waals surface area contributed by atoms with Gasteiger partial charge in [0.15, 0.2) is 4.29 Å². The summed E-state index contributed by atoms with van der Waals surface area (Å²) in [6, 6.07) is 0. The number of alkyl halides is 5. The minimum Gasteiger partial charge on any atom is -0.168 e. The highest BCUT2D eigenvalue weighted by Gasteiger charge is 2.35. The van der Waals surface area contributed by atoms with Crippen molar-refractivity contribution in [2.24, 2.45) is 0 Å². The maximum absolute atomic E-state index is 11.0. The molecule has 0 aliphatic rings. The van der Waals surface area contributed by atoms with Crippen molar-refractivity contribution in [2.75, 3.05) is 0 Å². The van der Waals surface area contributed by atoms with Crippen molar-refractivity contribution in [3.8, 4) is 0 Å². The van der Waals surface area contributed by atoms with Gasteiger partial charge >= 0.3 is 6.18 Å². The van der Waals surface area contributed by atoms with E-state index in [0.717, 1.165) is 0 Å². The van der Waals surface area contributed by atoms with E-state index >= 15 is 0 Å². The Kier molecular flexibility index (Phi) is 5.16. The van der Waals surface area contributed by atoms with Crippen LogP contribution in [-0.2, 0) is 0 Å². The molecule has 0 saturated carbocycles. The van der Waals surface area contributed by atoms with Gasteiger partial charge in [-0.05, 0) is 0 Å². The van der Waals surface area contributed by atoms with Crippen molar-refractivity contribution in [3.05, 3.63) is 0 Å². The largest absolute Gasteiger partial charge is 0.414 e. The third-order valence-corrected chi connectivity index (χ3v) is 1.01. The predicted octanol–water partition coefficient (Wildman–Crippen LogP) is 1.32. The topological polar surface area (TPSA) is 0 Å². The summed E-state index contributed by atoms with van der Waals surface area (Å²) in [6.07, 6.45) is -4.32. The first-order valence-corrected chi connectivity index (χ1v) is 2.64. The Bertz CT molecular complexity index is 62.8. The Balaban J connectivity index is 0. The van der Waals surface area contributed by atoms with E-state index in [1.807, 2.05) is 0 Å². The smallest absolute Gasteiger partial charge is 0.168 e. The van der Waals surface area contributed by atoms with Crippen molar-refractivity contribution in [1.82, 2.24) is 0 Å². The summed E-state index contributed by atoms with van der Waals surface area (Å²) in [5, 5.41) is 0. The van der Waals surface area contributed by atoms with E-state index in [2.05, 4.69) is 27.5 Å². The average molecular weight is 211 g/mol. The first-order valence-electron chi connectivity index (χ1n) is 1.29. The van der Waals surface area contributed by atoms with Crippen LogP contribution in [0.5, 0.6) is 0 Å². The summed E-state index contributed by atoms with van der Waals surface area (Å²) in [5.41, 5.74) is 0. The second-order valence-corrected chi connectivity index (χ2v) is 2.72. The van der Waals surface area contributed by atoms with Crippen LogP contribution in [0.3, 0.4) is 0 Å². The van der Waals surface area contributed by atoms with Crippen LogP contribution in [0.2, 0.25) is 0 Å². The zero-order valence-corrected chi connectivity index (χ0v) is 5.31. The lowest BCUT2D eigenvalue weighted by molar-refractivity contribution is -0.112. The van der Waals surface area contributed by atoms with Crippen LogP contribution in [-0.4, -0.2) is 18.9 Å². The fourth-order valence-corrected chi connectivity index (χ4v) is 0. The third-order valence-electron chi connectivity index (χ3n) is 0.247. The maximum Gasteiger partial charge on any atom is 0.414 e. The fraction of sp³-hybridized carbons (Fsp3) is 1.00. The van der Waals surface area contributed by atoms with Gasteiger partial charge < -0.3 is 0 Å². The van der Waals surface area contributed by atoms with E-state index in [9.17, 15) is 13.2 Å². The number of hydrogen-bond donors (Lipinski definition) is 0. The number of hydrogen-bond acceptors (Lipinski definition) is 0. The van der Waals surface area contributed by atoms with Crippen LogP contribution in [0.25, 0.3) is 0 Å². The van der Waals surface area contributed by atoms with E-state index in [0.29, 0.717) is 0 Å². The van der Waals surface area contributed by atoms with Crippen molar-refractivity contribution in [1.29, 1.82) is 0 Å². The van der Waals surface area contributed by atoms with Crippen molar-refractivity contribution in [3.63, 3.8) is 0 Å². The van der Waals surface area contributed by atoms with Crippen LogP contribution in [0.4, 0.5) is 13.2 Å². The van der Waals surface area contributed by atoms with Gasteiger partial charge in [-0.25, -0.2) is 0 Å². The molecule has 0 nitrogen and oxygen atoms in total. The summed E-state index contributed by atoms with van der Waals surface area (Å²) >= 11 is 6.68. The molecule has 1 atom stereocenters. The Morgan fingerprint density at radius 1 is 1.38 bits per heavy atom. The molecule has 50 valence electrons. The highest BCUT2D eigenvalue weighted by Crippen LogP contribution is 2.28. The minimum atomic E-state index is -4.32. The van der Waals surface area contributed by atoms with Crippen LogP contribution in [0.1, 0.15) is 0 Å². The standard InChI is InChI=1S/C2HBrClF3.BH3/c3-1(4)2(5,6)7;/h1H;1H3. The van der Waals surface area contributed by atoms with E-state index in [1.54, 1.807) is 0 Å². The molecule has 0 aliphatic carbocycles. The normalized spacial score (nSPS) is 14.6. The van der Waals surface area contributed by atoms with E-state index in [1.165, 1.54) is 0 Å². The third kappa shape index (κ3) is 4.78. The van der Waals surface area contributed by atoms with Crippen LogP contribution in [0, 0.1) is 0 Å². The molecule has 6 heteroatoms. The minimum absolute atomic E-state index is 0. The van der Waals surface area contributed by atoms with E-state index in [4.69, 9.17) is 0 Å². The molecule has 0 radical (unpaired) electrons. The summed E-state index contributed by atoms with van der Waals surface area (Å²) in [7, 11) is 0. The zero-order chi connectivity index (χ0) is 6.08. The van der Waals surface area contributed by atoms with Crippen LogP contribution >= 0.6 is 27.5 Å². The number of rotatable bonds is 0. The van der Waals surface area contributed by atoms with Gasteiger partial charge in [-0.1, -0.05) is 15.9 Å². The first-order chi connectivity index (χ1) is 2.94. The van der Waals surface area contributed by atoms with Gasteiger partial charge in [-0.2, -0.15) is 13.2 Å². The van der Waals surface area contributed by atoms with E-state index in [-0.39, 0.29) is 8.41 Å². The van der Waals surface area contributed by atoms with Gasteiger partial charge in [0.25, 0.3) is 0 Å². The zero-order valence-electron chi connectivity index (χ0n) is 2.97. The molecule has 0 amide bonds. The van der Waals surface area contributed by atoms with Gasteiger partial charge in [0.2, 0.25) is 0 Å². The summed E-state index contributed by atoms with van der Waals surface area (Å²) in [4.78, 5) is 0. The summed E-state index contributed by atoms with van der Waals surface area (Å²) in [6.45, 7) is 0. The maximum atomic E-state index is 11.0. The van der Waals surface area contributed by atoms with Crippen molar-refractivity contribution < 1.29 is 13.2 Å². The van der Waals surface area contributed by atoms with Gasteiger partial charge in [-0.15, -0.1) is 11.6 Å². The summed E-state index contributed by atoms with van der Waals surface area (Å²) < 4.78 is 31.1. The Hall–Kier alpha value is 0.625. The average Bonchev–Trinajstić information content (AvgIpc) is 1.31. The summed E-state index contributed by atoms with van der Waals surface area (Å²) in [5.74, 6) is 0. The van der Waals surface area contributed by atoms with Gasteiger partial charge in [0.1, 0.15) is 0 Å². The van der Waals surface area contributed by atoms with Gasteiger partial charge in [0.05, 0.1) is 8.41 Å². The highest BCUT2D eigenvalue weighted by molar-refractivity contribution is 9.10. The van der Waals surface area contributed by atoms with E-state index < -0.39 is 10.5 Å². The molecule has 1 unspecified atom stereocenters. The molecular weight excluding hydrogens is 207 g/mol. The molecule has 0 heterocycles. The van der Waals surface area contributed by atoms with Crippen molar-refractivity contribution in [2.45, 2.75) is 10.5 Å². The Labute approximate surface area is 60.1 Å². The molecule has 0 N–H and O–H groups in total. The highest BCUT2D eigenvalue weighted by atomic mass is 79.9. The second kappa shape index (κ2) is 3.61. The monoisotopic (exact) mass is 210 g/mol. The van der Waals surface area contributed by atoms with Crippen LogP contribution < -0.4 is 0 Å². The van der Waals surface area contributed by atoms with Gasteiger partial charge in [0, 0.05) is 0 Å². The molecule has 0 spiro atoms. The lowest BCUT2D eigenvalue weighted by Gasteiger charge is -2.03. The number of halogens is 5. The lowest BCUT2D eigenvalue weighted by atomic mass is 10.8. The second-order valence-electron chi connectivity index (χ2n) is 0.842. The Morgan fingerprint density at radius 2 is 1.50 bits per heavy atom. The lowest BCUT2D eigenvalue weighted by Crippen LogP contribution is -2.16. The first kappa shape index (κ1) is 11.4. The molecule has 8 heavy (non-hydrogen) atoms.